The van der Waals surface area contributed by atoms with E-state index < -0.39 is 0 Å². The minimum atomic E-state index is -0.256. The van der Waals surface area contributed by atoms with Gasteiger partial charge < -0.3 is 10.1 Å². The highest BCUT2D eigenvalue weighted by molar-refractivity contribution is 5.70. The third-order valence-corrected chi connectivity index (χ3v) is 2.59. The summed E-state index contributed by atoms with van der Waals surface area (Å²) in [5, 5.41) is 2.80. The molecular formula is C8H14N2O2. The van der Waals surface area contributed by atoms with Crippen LogP contribution in [0.2, 0.25) is 0 Å². The van der Waals surface area contributed by atoms with Gasteiger partial charge in [0.2, 0.25) is 0 Å². The van der Waals surface area contributed by atoms with Crippen molar-refractivity contribution in [3.63, 3.8) is 0 Å². The van der Waals surface area contributed by atoms with Crippen LogP contribution in [0.4, 0.5) is 4.79 Å². The molecule has 4 heteroatoms. The Labute approximate surface area is 71.9 Å². The van der Waals surface area contributed by atoms with E-state index in [0.29, 0.717) is 6.04 Å². The van der Waals surface area contributed by atoms with Crippen LogP contribution in [0.3, 0.4) is 0 Å². The van der Waals surface area contributed by atoms with Crippen LogP contribution in [0.15, 0.2) is 0 Å². The second-order valence-corrected chi connectivity index (χ2v) is 3.74. The predicted octanol–water partition coefficient (Wildman–Crippen LogP) is 0.187. The molecule has 4 nitrogen and oxygen atoms in total. The Balaban J connectivity index is 1.97. The van der Waals surface area contributed by atoms with Crippen LogP contribution in [-0.4, -0.2) is 42.3 Å². The van der Waals surface area contributed by atoms with Crippen LogP contribution >= 0.6 is 0 Å². The molecule has 0 radical (unpaired) electrons. The smallest absolute Gasteiger partial charge is 0.407 e. The molecule has 2 fully saturated rings. The first-order chi connectivity index (χ1) is 5.66. The van der Waals surface area contributed by atoms with Gasteiger partial charge in [0.05, 0.1) is 6.04 Å². The van der Waals surface area contributed by atoms with Gasteiger partial charge in [0.25, 0.3) is 0 Å². The maximum atomic E-state index is 10.8. The second-order valence-electron chi connectivity index (χ2n) is 3.74. The van der Waals surface area contributed by atoms with Gasteiger partial charge in [-0.1, -0.05) is 0 Å². The minimum absolute atomic E-state index is 0.0832. The molecule has 12 heavy (non-hydrogen) atoms. The summed E-state index contributed by atoms with van der Waals surface area (Å²) in [5.41, 5.74) is 0. The average Bonchev–Trinajstić information content (AvgIpc) is 2.42. The maximum Gasteiger partial charge on any atom is 0.407 e. The average molecular weight is 170 g/mol. The molecule has 0 aliphatic carbocycles. The molecule has 2 atom stereocenters. The van der Waals surface area contributed by atoms with Gasteiger partial charge >= 0.3 is 6.09 Å². The summed E-state index contributed by atoms with van der Waals surface area (Å²) in [6.45, 7) is 6.11. The van der Waals surface area contributed by atoms with Gasteiger partial charge in [0.15, 0.2) is 0 Å². The molecule has 2 aliphatic rings. The number of rotatable bonds is 1. The fourth-order valence-electron chi connectivity index (χ4n) is 1.81. The van der Waals surface area contributed by atoms with Crippen LogP contribution in [-0.2, 0) is 4.74 Å². The number of carbonyl (C=O) groups is 1. The van der Waals surface area contributed by atoms with E-state index >= 15 is 0 Å². The molecule has 2 rings (SSSR count). The highest BCUT2D eigenvalue weighted by atomic mass is 16.6. The third-order valence-electron chi connectivity index (χ3n) is 2.59. The molecule has 2 heterocycles. The number of nitrogens with one attached hydrogen (secondary N) is 1. The third kappa shape index (κ3) is 1.16. The Hall–Kier alpha value is -0.770. The van der Waals surface area contributed by atoms with E-state index in [2.05, 4.69) is 24.1 Å². The highest BCUT2D eigenvalue weighted by Crippen LogP contribution is 2.20. The van der Waals surface area contributed by atoms with Crippen molar-refractivity contribution in [3.8, 4) is 0 Å². The van der Waals surface area contributed by atoms with Crippen molar-refractivity contribution in [3.05, 3.63) is 0 Å². The number of fused-ring (bicyclic) bond motifs is 1. The molecule has 0 bridgehead atoms. The molecule has 2 saturated heterocycles. The summed E-state index contributed by atoms with van der Waals surface area (Å²) < 4.78 is 5.07. The Morgan fingerprint density at radius 3 is 2.92 bits per heavy atom. The Kier molecular flexibility index (Phi) is 1.72. The summed E-state index contributed by atoms with van der Waals surface area (Å²) in [5.74, 6) is 0. The number of carbonyl (C=O) groups excluding carboxylic acids is 1. The van der Waals surface area contributed by atoms with Crippen LogP contribution in [0.5, 0.6) is 0 Å². The van der Waals surface area contributed by atoms with Gasteiger partial charge in [-0.05, 0) is 13.8 Å². The van der Waals surface area contributed by atoms with Crippen molar-refractivity contribution in [1.82, 2.24) is 10.2 Å². The minimum Gasteiger partial charge on any atom is -0.443 e. The van der Waals surface area contributed by atoms with Crippen LogP contribution < -0.4 is 5.32 Å². The lowest BCUT2D eigenvalue weighted by Gasteiger charge is -2.20. The first-order valence-corrected chi connectivity index (χ1v) is 4.38. The molecule has 1 amide bonds. The molecule has 0 saturated carbocycles. The zero-order chi connectivity index (χ0) is 8.72. The van der Waals surface area contributed by atoms with E-state index in [1.54, 1.807) is 0 Å². The van der Waals surface area contributed by atoms with Gasteiger partial charge in [-0.3, -0.25) is 4.90 Å². The number of likely N-dealkylation sites (tertiary alicyclic amines) is 1. The Morgan fingerprint density at radius 2 is 2.33 bits per heavy atom. The van der Waals surface area contributed by atoms with Crippen LogP contribution in [0, 0.1) is 0 Å². The van der Waals surface area contributed by atoms with E-state index in [1.165, 1.54) is 0 Å². The van der Waals surface area contributed by atoms with Gasteiger partial charge in [0, 0.05) is 19.1 Å². The molecule has 0 unspecified atom stereocenters. The fraction of sp³-hybridized carbons (Fsp3) is 0.875. The Morgan fingerprint density at radius 1 is 1.58 bits per heavy atom. The molecule has 68 valence electrons. The van der Waals surface area contributed by atoms with Crippen molar-refractivity contribution >= 4 is 6.09 Å². The van der Waals surface area contributed by atoms with Crippen molar-refractivity contribution in [2.24, 2.45) is 0 Å². The van der Waals surface area contributed by atoms with E-state index in [0.717, 1.165) is 13.1 Å². The molecule has 2 aliphatic heterocycles. The first kappa shape index (κ1) is 7.86. The molecule has 0 aromatic rings. The summed E-state index contributed by atoms with van der Waals surface area (Å²) in [6.07, 6.45) is -0.173. The first-order valence-electron chi connectivity index (χ1n) is 4.38. The van der Waals surface area contributed by atoms with E-state index in [4.69, 9.17) is 4.74 Å². The summed E-state index contributed by atoms with van der Waals surface area (Å²) in [7, 11) is 0. The van der Waals surface area contributed by atoms with Crippen LogP contribution in [0.1, 0.15) is 13.8 Å². The standard InChI is InChI=1S/C8H14N2O2/c1-5(2)10-3-6-7(4-10)12-8(11)9-6/h5-7H,3-4H2,1-2H3,(H,9,11)/t6-,7+/m1/s1. The summed E-state index contributed by atoms with van der Waals surface area (Å²) in [6, 6.07) is 0.760. The highest BCUT2D eigenvalue weighted by Gasteiger charge is 2.42. The van der Waals surface area contributed by atoms with Gasteiger partial charge in [-0.25, -0.2) is 4.79 Å². The van der Waals surface area contributed by atoms with E-state index in [-0.39, 0.29) is 18.2 Å². The molecule has 0 spiro atoms. The lowest BCUT2D eigenvalue weighted by atomic mass is 10.2. The second kappa shape index (κ2) is 2.62. The lowest BCUT2D eigenvalue weighted by Crippen LogP contribution is -2.35. The fourth-order valence-corrected chi connectivity index (χ4v) is 1.81. The number of alkyl carbamates (subject to hydrolysis) is 1. The van der Waals surface area contributed by atoms with Crippen molar-refractivity contribution in [2.45, 2.75) is 32.0 Å². The molecular weight excluding hydrogens is 156 g/mol. The van der Waals surface area contributed by atoms with Gasteiger partial charge in [-0.2, -0.15) is 0 Å². The number of ether oxygens (including phenoxy) is 1. The molecule has 0 aromatic carbocycles. The van der Waals surface area contributed by atoms with Crippen molar-refractivity contribution in [2.75, 3.05) is 13.1 Å². The van der Waals surface area contributed by atoms with E-state index in [1.807, 2.05) is 0 Å². The molecule has 1 N–H and O–H groups in total. The van der Waals surface area contributed by atoms with Crippen molar-refractivity contribution < 1.29 is 9.53 Å². The summed E-state index contributed by atoms with van der Waals surface area (Å²) in [4.78, 5) is 13.1. The van der Waals surface area contributed by atoms with Gasteiger partial charge in [0.1, 0.15) is 6.10 Å². The monoisotopic (exact) mass is 170 g/mol. The number of hydrogen-bond acceptors (Lipinski definition) is 3. The van der Waals surface area contributed by atoms with Crippen molar-refractivity contribution in [1.29, 1.82) is 0 Å². The SMILES string of the molecule is CC(C)N1C[C@@H]2OC(=O)N[C@@H]2C1. The number of nitrogens with zero attached hydrogens (tertiary/aromatic N) is 1. The largest absolute Gasteiger partial charge is 0.443 e. The topological polar surface area (TPSA) is 41.6 Å². The normalized spacial score (nSPS) is 35.1. The predicted molar refractivity (Wildman–Crippen MR) is 43.9 cm³/mol. The van der Waals surface area contributed by atoms with Crippen LogP contribution in [0.25, 0.3) is 0 Å². The number of hydrogen-bond donors (Lipinski definition) is 1. The lowest BCUT2D eigenvalue weighted by molar-refractivity contribution is 0.126. The Bertz CT molecular complexity index is 189. The zero-order valence-electron chi connectivity index (χ0n) is 7.41. The van der Waals surface area contributed by atoms with Gasteiger partial charge in [-0.15, -0.1) is 0 Å². The quantitative estimate of drug-likeness (QED) is 0.610. The van der Waals surface area contributed by atoms with E-state index in [9.17, 15) is 4.79 Å². The number of amides is 1. The summed E-state index contributed by atoms with van der Waals surface area (Å²) >= 11 is 0. The zero-order valence-corrected chi connectivity index (χ0v) is 7.41. The molecule has 0 aromatic heterocycles. The maximum absolute atomic E-state index is 10.8.